The maximum atomic E-state index is 14.0. The van der Waals surface area contributed by atoms with Crippen molar-refractivity contribution in [1.29, 1.82) is 0 Å². The summed E-state index contributed by atoms with van der Waals surface area (Å²) in [5.41, 5.74) is 7.14. The van der Waals surface area contributed by atoms with Crippen molar-refractivity contribution < 1.29 is 9.50 Å². The van der Waals surface area contributed by atoms with E-state index in [1.54, 1.807) is 6.07 Å². The Balaban J connectivity index is 3.25. The molecule has 0 radical (unpaired) electrons. The Morgan fingerprint density at radius 3 is 2.47 bits per heavy atom. The third-order valence-corrected chi connectivity index (χ3v) is 2.76. The van der Waals surface area contributed by atoms with E-state index in [2.05, 4.69) is 0 Å². The monoisotopic (exact) mass is 240 g/mol. The van der Waals surface area contributed by atoms with Crippen molar-refractivity contribution in [2.45, 2.75) is 32.9 Å². The van der Waals surface area contributed by atoms with E-state index in [0.29, 0.717) is 12.2 Å². The number of hydrogen-bond donors (Lipinski definition) is 2. The van der Waals surface area contributed by atoms with Crippen molar-refractivity contribution >= 4 is 5.69 Å². The van der Waals surface area contributed by atoms with Crippen LogP contribution in [0.1, 0.15) is 32.4 Å². The number of benzene rings is 1. The average molecular weight is 240 g/mol. The van der Waals surface area contributed by atoms with Gasteiger partial charge in [-0.3, -0.25) is 0 Å². The Morgan fingerprint density at radius 2 is 2.00 bits per heavy atom. The molecular formula is C13H21FN2O. The molecule has 1 aromatic rings. The molecule has 1 atom stereocenters. The molecule has 3 N–H and O–H groups in total. The van der Waals surface area contributed by atoms with Crippen molar-refractivity contribution in [3.63, 3.8) is 0 Å². The van der Waals surface area contributed by atoms with Crippen LogP contribution in [0.15, 0.2) is 18.2 Å². The molecule has 1 aromatic carbocycles. The Morgan fingerprint density at radius 1 is 1.35 bits per heavy atom. The van der Waals surface area contributed by atoms with Gasteiger partial charge in [-0.15, -0.1) is 0 Å². The Labute approximate surface area is 102 Å². The number of rotatable bonds is 5. The molecule has 0 fully saturated rings. The van der Waals surface area contributed by atoms with Crippen LogP contribution in [0.3, 0.4) is 0 Å². The van der Waals surface area contributed by atoms with Gasteiger partial charge in [0.05, 0.1) is 12.3 Å². The van der Waals surface area contributed by atoms with Gasteiger partial charge in [0, 0.05) is 18.6 Å². The second-order valence-electron chi connectivity index (χ2n) is 4.48. The van der Waals surface area contributed by atoms with E-state index in [1.165, 1.54) is 6.07 Å². The summed E-state index contributed by atoms with van der Waals surface area (Å²) in [5, 5.41) is 9.07. The van der Waals surface area contributed by atoms with Crippen molar-refractivity contribution in [3.05, 3.63) is 29.6 Å². The number of aliphatic hydroxyl groups excluding tert-OH is 1. The molecule has 4 heteroatoms. The zero-order valence-electron chi connectivity index (χ0n) is 10.7. The first kappa shape index (κ1) is 13.9. The molecule has 0 aliphatic rings. The molecule has 0 aromatic heterocycles. The Kier molecular flexibility index (Phi) is 4.90. The molecule has 0 saturated carbocycles. The molecular weight excluding hydrogens is 219 g/mol. The predicted molar refractivity (Wildman–Crippen MR) is 68.6 cm³/mol. The van der Waals surface area contributed by atoms with Gasteiger partial charge >= 0.3 is 0 Å². The van der Waals surface area contributed by atoms with Crippen molar-refractivity contribution in [2.24, 2.45) is 5.73 Å². The predicted octanol–water partition coefficient (Wildman–Crippen LogP) is 2.05. The van der Waals surface area contributed by atoms with Gasteiger partial charge in [0.15, 0.2) is 0 Å². The highest BCUT2D eigenvalue weighted by Crippen LogP contribution is 2.29. The van der Waals surface area contributed by atoms with E-state index < -0.39 is 0 Å². The van der Waals surface area contributed by atoms with Gasteiger partial charge in [-0.2, -0.15) is 0 Å². The van der Waals surface area contributed by atoms with Crippen molar-refractivity contribution in [2.75, 3.05) is 18.1 Å². The Hall–Kier alpha value is -1.13. The third kappa shape index (κ3) is 3.17. The van der Waals surface area contributed by atoms with E-state index in [9.17, 15) is 4.39 Å². The van der Waals surface area contributed by atoms with Gasteiger partial charge < -0.3 is 15.7 Å². The minimum Gasteiger partial charge on any atom is -0.395 e. The first-order valence-electron chi connectivity index (χ1n) is 5.90. The fraction of sp³-hybridized carbons (Fsp3) is 0.538. The Bertz CT molecular complexity index is 366. The highest BCUT2D eigenvalue weighted by Gasteiger charge is 2.19. The van der Waals surface area contributed by atoms with Gasteiger partial charge in [0.25, 0.3) is 0 Å². The smallest absolute Gasteiger partial charge is 0.146 e. The molecule has 1 rings (SSSR count). The van der Waals surface area contributed by atoms with Crippen LogP contribution >= 0.6 is 0 Å². The number of anilines is 1. The summed E-state index contributed by atoms with van der Waals surface area (Å²) in [6.45, 7) is 6.15. The standard InChI is InChI=1S/C13H21FN2O/c1-9(2)16(7-8-17)13-11(10(3)15)5-4-6-12(13)14/h4-6,9-10,17H,7-8,15H2,1-3H3/t10-/m1/s1. The minimum atomic E-state index is -0.290. The van der Waals surface area contributed by atoms with Crippen LogP contribution in [0.4, 0.5) is 10.1 Å². The van der Waals surface area contributed by atoms with Crippen LogP contribution in [-0.2, 0) is 0 Å². The van der Waals surface area contributed by atoms with Crippen LogP contribution in [-0.4, -0.2) is 24.3 Å². The van der Waals surface area contributed by atoms with Crippen LogP contribution in [0.2, 0.25) is 0 Å². The zero-order chi connectivity index (χ0) is 13.0. The second kappa shape index (κ2) is 5.98. The lowest BCUT2D eigenvalue weighted by atomic mass is 10.0. The lowest BCUT2D eigenvalue weighted by Gasteiger charge is -2.31. The summed E-state index contributed by atoms with van der Waals surface area (Å²) in [6, 6.07) is 4.79. The average Bonchev–Trinajstić information content (AvgIpc) is 2.25. The number of nitrogens with zero attached hydrogens (tertiary/aromatic N) is 1. The topological polar surface area (TPSA) is 49.5 Å². The van der Waals surface area contributed by atoms with Gasteiger partial charge in [-0.1, -0.05) is 12.1 Å². The molecule has 0 aliphatic carbocycles. The third-order valence-electron chi connectivity index (χ3n) is 2.76. The molecule has 17 heavy (non-hydrogen) atoms. The minimum absolute atomic E-state index is 0.00902. The second-order valence-corrected chi connectivity index (χ2v) is 4.48. The summed E-state index contributed by atoms with van der Waals surface area (Å²) in [4.78, 5) is 1.84. The molecule has 0 aliphatic heterocycles. The number of halogens is 1. The first-order valence-corrected chi connectivity index (χ1v) is 5.90. The summed E-state index contributed by atoms with van der Waals surface area (Å²) in [7, 11) is 0. The van der Waals surface area contributed by atoms with E-state index >= 15 is 0 Å². The molecule has 96 valence electrons. The van der Waals surface area contributed by atoms with E-state index in [0.717, 1.165) is 5.56 Å². The van der Waals surface area contributed by atoms with E-state index in [-0.39, 0.29) is 24.5 Å². The fourth-order valence-electron chi connectivity index (χ4n) is 1.94. The molecule has 3 nitrogen and oxygen atoms in total. The van der Waals surface area contributed by atoms with E-state index in [1.807, 2.05) is 31.7 Å². The lowest BCUT2D eigenvalue weighted by molar-refractivity contribution is 0.298. The molecule has 0 unspecified atom stereocenters. The number of aliphatic hydroxyl groups is 1. The number of para-hydroxylation sites is 1. The van der Waals surface area contributed by atoms with Gasteiger partial charge in [0.2, 0.25) is 0 Å². The van der Waals surface area contributed by atoms with Gasteiger partial charge in [0.1, 0.15) is 5.82 Å². The van der Waals surface area contributed by atoms with Crippen LogP contribution in [0.5, 0.6) is 0 Å². The number of nitrogens with two attached hydrogens (primary N) is 1. The molecule has 0 heterocycles. The normalized spacial score (nSPS) is 12.9. The highest BCUT2D eigenvalue weighted by atomic mass is 19.1. The summed E-state index contributed by atoms with van der Waals surface area (Å²) < 4.78 is 14.0. The fourth-order valence-corrected chi connectivity index (χ4v) is 1.94. The van der Waals surface area contributed by atoms with Gasteiger partial charge in [-0.05, 0) is 32.4 Å². The highest BCUT2D eigenvalue weighted by molar-refractivity contribution is 5.56. The molecule has 0 spiro atoms. The molecule has 0 saturated heterocycles. The maximum absolute atomic E-state index is 14.0. The molecule has 0 amide bonds. The largest absolute Gasteiger partial charge is 0.395 e. The van der Waals surface area contributed by atoms with Crippen molar-refractivity contribution in [1.82, 2.24) is 0 Å². The summed E-state index contributed by atoms with van der Waals surface area (Å²) in [5.74, 6) is -0.290. The van der Waals surface area contributed by atoms with E-state index in [4.69, 9.17) is 10.8 Å². The lowest BCUT2D eigenvalue weighted by Crippen LogP contribution is -2.35. The summed E-state index contributed by atoms with van der Waals surface area (Å²) >= 11 is 0. The number of hydrogen-bond acceptors (Lipinski definition) is 3. The zero-order valence-corrected chi connectivity index (χ0v) is 10.7. The van der Waals surface area contributed by atoms with Crippen LogP contribution in [0, 0.1) is 5.82 Å². The summed E-state index contributed by atoms with van der Waals surface area (Å²) in [6.07, 6.45) is 0. The van der Waals surface area contributed by atoms with Crippen LogP contribution in [0.25, 0.3) is 0 Å². The SMILES string of the molecule is CC(C)N(CCO)c1c(F)cccc1[C@@H](C)N. The van der Waals surface area contributed by atoms with Crippen molar-refractivity contribution in [3.8, 4) is 0 Å². The maximum Gasteiger partial charge on any atom is 0.146 e. The molecule has 0 bridgehead atoms. The first-order chi connectivity index (χ1) is 7.99. The van der Waals surface area contributed by atoms with Crippen LogP contribution < -0.4 is 10.6 Å². The quantitative estimate of drug-likeness (QED) is 0.828. The van der Waals surface area contributed by atoms with Gasteiger partial charge in [-0.25, -0.2) is 4.39 Å².